The number of azo groups is 1. The second kappa shape index (κ2) is 12.7. The molecule has 1 saturated carbocycles. The zero-order valence-electron chi connectivity index (χ0n) is 25.7. The third-order valence-corrected chi connectivity index (χ3v) is 9.89. The van der Waals surface area contributed by atoms with Crippen LogP contribution in [0, 0.1) is 31.5 Å². The molecule has 226 valence electrons. The van der Waals surface area contributed by atoms with Crippen LogP contribution in [0.2, 0.25) is 0 Å². The number of nitrogens with zero attached hydrogens (tertiary/aromatic N) is 4. The minimum Gasteiger partial charge on any atom is -0.393 e. The Morgan fingerprint density at radius 3 is 2.58 bits per heavy atom. The predicted molar refractivity (Wildman–Crippen MR) is 169 cm³/mol. The smallest absolute Gasteiger partial charge is 0.163 e. The van der Waals surface area contributed by atoms with Crippen molar-refractivity contribution >= 4 is 17.3 Å². The zero-order chi connectivity index (χ0) is 30.1. The summed E-state index contributed by atoms with van der Waals surface area (Å²) in [6, 6.07) is 7.33. The Morgan fingerprint density at radius 2 is 1.84 bits per heavy atom. The van der Waals surface area contributed by atoms with Crippen molar-refractivity contribution in [1.29, 1.82) is 0 Å². The van der Waals surface area contributed by atoms with Gasteiger partial charge in [0.05, 0.1) is 17.8 Å². The summed E-state index contributed by atoms with van der Waals surface area (Å²) in [7, 11) is 0. The summed E-state index contributed by atoms with van der Waals surface area (Å²) in [6.07, 6.45) is 13.8. The van der Waals surface area contributed by atoms with Crippen LogP contribution in [0.3, 0.4) is 0 Å². The number of hydrogen-bond donors (Lipinski definition) is 1. The molecule has 1 saturated heterocycles. The number of piperidine rings is 1. The van der Waals surface area contributed by atoms with Gasteiger partial charge in [-0.05, 0) is 111 Å². The summed E-state index contributed by atoms with van der Waals surface area (Å²) in [5, 5.41) is 19.0. The van der Waals surface area contributed by atoms with Crippen molar-refractivity contribution in [2.45, 2.75) is 90.7 Å². The molecule has 3 aliphatic heterocycles. The van der Waals surface area contributed by atoms with Gasteiger partial charge in [0.25, 0.3) is 0 Å². The first-order valence-corrected chi connectivity index (χ1v) is 16.0. The maximum absolute atomic E-state index is 15.5. The van der Waals surface area contributed by atoms with E-state index in [0.29, 0.717) is 29.9 Å². The third kappa shape index (κ3) is 6.42. The number of carbonyl (C=O) groups is 1. The van der Waals surface area contributed by atoms with Gasteiger partial charge in [0.2, 0.25) is 0 Å². The summed E-state index contributed by atoms with van der Waals surface area (Å²) in [4.78, 5) is 20.2. The number of aryl methyl sites for hydroxylation is 2. The second-order valence-corrected chi connectivity index (χ2v) is 12.9. The first kappa shape index (κ1) is 29.6. The van der Waals surface area contributed by atoms with Gasteiger partial charge in [-0.25, -0.2) is 9.38 Å². The molecular weight excluding hydrogens is 539 g/mol. The van der Waals surface area contributed by atoms with E-state index in [2.05, 4.69) is 40.3 Å². The van der Waals surface area contributed by atoms with E-state index in [9.17, 15) is 9.90 Å². The third-order valence-electron chi connectivity index (χ3n) is 9.89. The lowest BCUT2D eigenvalue weighted by Gasteiger charge is -2.34. The van der Waals surface area contributed by atoms with Crippen LogP contribution in [0.5, 0.6) is 0 Å². The Hall–Kier alpha value is -3.45. The lowest BCUT2D eigenvalue weighted by Crippen LogP contribution is -2.38. The van der Waals surface area contributed by atoms with Crippen LogP contribution in [-0.4, -0.2) is 40.8 Å². The SMILES string of the molecule is CCC1=CN=C(N2CCC(CC3N=Nc4cc(-c5cc(C)c(C(=O)CC6CCC(O)C6)cc5F)c(C)cc43)CC2)CC=C1. The number of benzene rings is 2. The lowest BCUT2D eigenvalue weighted by atomic mass is 9.86. The molecule has 6 rings (SSSR count). The molecule has 6 nitrogen and oxygen atoms in total. The molecule has 2 fully saturated rings. The highest BCUT2D eigenvalue weighted by Crippen LogP contribution is 2.44. The van der Waals surface area contributed by atoms with Gasteiger partial charge in [-0.1, -0.05) is 25.1 Å². The second-order valence-electron chi connectivity index (χ2n) is 12.9. The maximum Gasteiger partial charge on any atom is 0.163 e. The topological polar surface area (TPSA) is 77.6 Å². The minimum absolute atomic E-state index is 0.0354. The summed E-state index contributed by atoms with van der Waals surface area (Å²) >= 11 is 0. The number of aliphatic imine (C=N–C) groups is 1. The van der Waals surface area contributed by atoms with Crippen molar-refractivity contribution in [3.8, 4) is 11.1 Å². The molecule has 2 aromatic carbocycles. The number of likely N-dealkylation sites (tertiary alicyclic amines) is 1. The van der Waals surface area contributed by atoms with Crippen LogP contribution in [0.25, 0.3) is 11.1 Å². The number of Topliss-reactive ketones (excluding diaryl/α,β-unsaturated/α-hetero) is 1. The number of carbonyl (C=O) groups excluding carboxylic acids is 1. The number of fused-ring (bicyclic) bond motifs is 1. The monoisotopic (exact) mass is 582 g/mol. The molecule has 0 radical (unpaired) electrons. The Labute approximate surface area is 254 Å². The van der Waals surface area contributed by atoms with Gasteiger partial charge >= 0.3 is 0 Å². The fourth-order valence-corrected chi connectivity index (χ4v) is 7.26. The Kier molecular flexibility index (Phi) is 8.71. The molecule has 3 atom stereocenters. The van der Waals surface area contributed by atoms with Gasteiger partial charge in [0.15, 0.2) is 5.78 Å². The number of aliphatic hydroxyl groups is 1. The van der Waals surface area contributed by atoms with Crippen molar-refractivity contribution in [3.05, 3.63) is 76.3 Å². The molecule has 3 unspecified atom stereocenters. The highest BCUT2D eigenvalue weighted by Gasteiger charge is 2.30. The molecular formula is C36H43FN4O2. The van der Waals surface area contributed by atoms with Crippen LogP contribution in [0.15, 0.2) is 63.4 Å². The highest BCUT2D eigenvalue weighted by molar-refractivity contribution is 5.98. The molecule has 43 heavy (non-hydrogen) atoms. The number of halogens is 1. The van der Waals surface area contributed by atoms with E-state index in [4.69, 9.17) is 4.99 Å². The van der Waals surface area contributed by atoms with Gasteiger partial charge in [-0.3, -0.25) is 4.79 Å². The number of aliphatic hydroxyl groups excluding tert-OH is 1. The fraction of sp³-hybridized carbons (Fsp3) is 0.500. The molecule has 0 bridgehead atoms. The van der Waals surface area contributed by atoms with E-state index in [1.807, 2.05) is 26.1 Å². The van der Waals surface area contributed by atoms with Gasteiger partial charge < -0.3 is 10.0 Å². The van der Waals surface area contributed by atoms with Gasteiger partial charge in [0, 0.05) is 48.8 Å². The highest BCUT2D eigenvalue weighted by atomic mass is 19.1. The lowest BCUT2D eigenvalue weighted by molar-refractivity contribution is 0.0956. The van der Waals surface area contributed by atoms with Crippen molar-refractivity contribution in [2.24, 2.45) is 27.1 Å². The van der Waals surface area contributed by atoms with Crippen LogP contribution in [0.1, 0.15) is 97.8 Å². The molecule has 1 aliphatic carbocycles. The van der Waals surface area contributed by atoms with Crippen molar-refractivity contribution in [1.82, 2.24) is 4.90 Å². The fourth-order valence-electron chi connectivity index (χ4n) is 7.26. The standard InChI is InChI=1S/C36H43FN4O2/c1-4-24-6-5-7-36(38-21-24)41-12-10-25(11-13-41)17-33-31-15-22(2)28(20-34(31)40-39-33)30-14-23(3)29(19-32(30)37)35(43)18-26-8-9-27(42)16-26/h5-6,14-15,19-21,25-27,33,42H,4,7-13,16-18H2,1-3H3. The molecule has 0 spiro atoms. The molecule has 4 aliphatic rings. The van der Waals surface area contributed by atoms with Crippen LogP contribution < -0.4 is 0 Å². The average molecular weight is 583 g/mol. The van der Waals surface area contributed by atoms with Gasteiger partial charge in [-0.15, -0.1) is 0 Å². The zero-order valence-corrected chi connectivity index (χ0v) is 25.7. The number of allylic oxidation sites excluding steroid dienone is 2. The largest absolute Gasteiger partial charge is 0.393 e. The summed E-state index contributed by atoms with van der Waals surface area (Å²) in [5.41, 5.74) is 6.71. The first-order chi connectivity index (χ1) is 20.8. The number of ketones is 1. The number of rotatable bonds is 7. The molecule has 1 N–H and O–H groups in total. The summed E-state index contributed by atoms with van der Waals surface area (Å²) in [5.74, 6) is 1.48. The van der Waals surface area contributed by atoms with E-state index < -0.39 is 5.82 Å². The van der Waals surface area contributed by atoms with E-state index in [-0.39, 0.29) is 23.8 Å². The molecule has 7 heteroatoms. The first-order valence-electron chi connectivity index (χ1n) is 16.0. The van der Waals surface area contributed by atoms with E-state index in [1.165, 1.54) is 17.5 Å². The van der Waals surface area contributed by atoms with Crippen molar-refractivity contribution < 1.29 is 14.3 Å². The minimum atomic E-state index is -0.392. The van der Waals surface area contributed by atoms with Gasteiger partial charge in [0.1, 0.15) is 11.7 Å². The van der Waals surface area contributed by atoms with Gasteiger partial charge in [-0.2, -0.15) is 10.2 Å². The molecule has 3 heterocycles. The Bertz CT molecular complexity index is 1520. The molecule has 0 aromatic heterocycles. The maximum atomic E-state index is 15.5. The van der Waals surface area contributed by atoms with Crippen LogP contribution in [-0.2, 0) is 0 Å². The summed E-state index contributed by atoms with van der Waals surface area (Å²) in [6.45, 7) is 8.09. The number of amidine groups is 1. The molecule has 2 aromatic rings. The van der Waals surface area contributed by atoms with Crippen LogP contribution in [0.4, 0.5) is 10.1 Å². The van der Waals surface area contributed by atoms with E-state index in [1.54, 1.807) is 6.07 Å². The quantitative estimate of drug-likeness (QED) is 0.332. The Balaban J connectivity index is 1.11. The molecule has 0 amide bonds. The average Bonchev–Trinajstić information content (AvgIpc) is 3.49. The van der Waals surface area contributed by atoms with Crippen LogP contribution >= 0.6 is 0 Å². The predicted octanol–water partition coefficient (Wildman–Crippen LogP) is 8.74. The van der Waals surface area contributed by atoms with E-state index in [0.717, 1.165) is 86.0 Å². The van der Waals surface area contributed by atoms with Crippen molar-refractivity contribution in [3.63, 3.8) is 0 Å². The van der Waals surface area contributed by atoms with Crippen molar-refractivity contribution in [2.75, 3.05) is 13.1 Å². The van der Waals surface area contributed by atoms with E-state index >= 15 is 4.39 Å². The number of hydrogen-bond acceptors (Lipinski definition) is 6. The summed E-state index contributed by atoms with van der Waals surface area (Å²) < 4.78 is 15.5. The normalized spacial score (nSPS) is 23.7. The Morgan fingerprint density at radius 1 is 1.02 bits per heavy atom.